The second kappa shape index (κ2) is 3.05. The largest absolute Gasteiger partial charge is 0.481 e. The van der Waals surface area contributed by atoms with Crippen LogP contribution in [-0.2, 0) is 9.53 Å². The topological polar surface area (TPSA) is 49.8 Å². The molecule has 0 amide bonds. The lowest BCUT2D eigenvalue weighted by Crippen LogP contribution is -2.29. The fraction of sp³-hybridized carbons (Fsp3) is 0.889. The first-order valence-corrected chi connectivity index (χ1v) is 4.25. The van der Waals surface area contributed by atoms with E-state index in [9.17, 15) is 4.79 Å². The summed E-state index contributed by atoms with van der Waals surface area (Å²) < 4.78 is 5.02. The molecule has 1 rings (SSSR count). The van der Waals surface area contributed by atoms with Crippen LogP contribution in [0.5, 0.6) is 0 Å². The van der Waals surface area contributed by atoms with Crippen molar-refractivity contribution in [1.29, 1.82) is 0 Å². The smallest absolute Gasteiger partial charge is 0.307 e. The summed E-state index contributed by atoms with van der Waals surface area (Å²) in [6.45, 7) is 6.59. The van der Waals surface area contributed by atoms with Crippen molar-refractivity contribution in [1.82, 2.24) is 0 Å². The van der Waals surface area contributed by atoms with E-state index in [1.54, 1.807) is 0 Å². The van der Waals surface area contributed by atoms with Crippen LogP contribution in [0, 0.1) is 11.3 Å². The van der Waals surface area contributed by atoms with Crippen LogP contribution >= 0.6 is 0 Å². The van der Waals surface area contributed by atoms with Crippen molar-refractivity contribution >= 4 is 5.97 Å². The number of aliphatic carboxylic acids is 1. The van der Waals surface area contributed by atoms with Gasteiger partial charge in [0.1, 0.15) is 0 Å². The Hall–Kier alpha value is -0.570. The molecule has 1 heterocycles. The first kappa shape index (κ1) is 9.52. The average molecular weight is 172 g/mol. The van der Waals surface area contributed by atoms with Gasteiger partial charge in [-0.1, -0.05) is 20.8 Å². The predicted octanol–water partition coefficient (Wildman–Crippen LogP) is 1.52. The van der Waals surface area contributed by atoms with Crippen LogP contribution in [0.3, 0.4) is 0 Å². The van der Waals surface area contributed by atoms with Gasteiger partial charge in [-0.15, -0.1) is 0 Å². The summed E-state index contributed by atoms with van der Waals surface area (Å²) in [7, 11) is 0. The highest BCUT2D eigenvalue weighted by molar-refractivity contribution is 5.71. The van der Waals surface area contributed by atoms with Crippen LogP contribution < -0.4 is 0 Å². The summed E-state index contributed by atoms with van der Waals surface area (Å²) in [5.74, 6) is -0.997. The van der Waals surface area contributed by atoms with Gasteiger partial charge in [0.2, 0.25) is 0 Å². The van der Waals surface area contributed by atoms with E-state index in [0.29, 0.717) is 6.42 Å². The molecule has 0 saturated carbocycles. The zero-order valence-corrected chi connectivity index (χ0v) is 7.83. The third-order valence-electron chi connectivity index (χ3n) is 2.24. The van der Waals surface area contributed by atoms with E-state index in [1.807, 2.05) is 20.8 Å². The minimum Gasteiger partial charge on any atom is -0.481 e. The SMILES string of the molecule is CC(C)(C)[C@@H](CC1CO1)C(=O)O. The van der Waals surface area contributed by atoms with Gasteiger partial charge < -0.3 is 9.84 Å². The lowest BCUT2D eigenvalue weighted by molar-refractivity contribution is -0.146. The third kappa shape index (κ3) is 2.48. The molecule has 3 heteroatoms. The molecule has 0 spiro atoms. The van der Waals surface area contributed by atoms with E-state index in [0.717, 1.165) is 6.61 Å². The van der Waals surface area contributed by atoms with Crippen LogP contribution in [0.25, 0.3) is 0 Å². The van der Waals surface area contributed by atoms with Crippen LogP contribution in [0.4, 0.5) is 0 Å². The lowest BCUT2D eigenvalue weighted by Gasteiger charge is -2.26. The van der Waals surface area contributed by atoms with Gasteiger partial charge in [0.15, 0.2) is 0 Å². The zero-order valence-electron chi connectivity index (χ0n) is 7.83. The highest BCUT2D eigenvalue weighted by Gasteiger charge is 2.37. The molecule has 1 aliphatic rings. The Labute approximate surface area is 72.7 Å². The summed E-state index contributed by atoms with van der Waals surface area (Å²) >= 11 is 0. The molecule has 0 aliphatic carbocycles. The zero-order chi connectivity index (χ0) is 9.35. The van der Waals surface area contributed by atoms with Gasteiger partial charge in [-0.25, -0.2) is 0 Å². The van der Waals surface area contributed by atoms with E-state index < -0.39 is 5.97 Å². The van der Waals surface area contributed by atoms with Crippen LogP contribution in [0.15, 0.2) is 0 Å². The van der Waals surface area contributed by atoms with Gasteiger partial charge in [-0.05, 0) is 11.8 Å². The first-order valence-electron chi connectivity index (χ1n) is 4.25. The first-order chi connectivity index (χ1) is 5.41. The molecule has 1 aliphatic heterocycles. The lowest BCUT2D eigenvalue weighted by atomic mass is 9.78. The fourth-order valence-electron chi connectivity index (χ4n) is 1.29. The fourth-order valence-corrected chi connectivity index (χ4v) is 1.29. The van der Waals surface area contributed by atoms with Crippen molar-refractivity contribution in [3.8, 4) is 0 Å². The Bertz CT molecular complexity index is 177. The number of rotatable bonds is 3. The van der Waals surface area contributed by atoms with E-state index in [1.165, 1.54) is 0 Å². The van der Waals surface area contributed by atoms with E-state index in [2.05, 4.69) is 0 Å². The quantitative estimate of drug-likeness (QED) is 0.657. The molecule has 12 heavy (non-hydrogen) atoms. The number of carboxylic acids is 1. The second-order valence-electron chi connectivity index (χ2n) is 4.45. The minimum absolute atomic E-state index is 0.169. The molecule has 0 aromatic carbocycles. The summed E-state index contributed by atoms with van der Waals surface area (Å²) in [6, 6.07) is 0. The van der Waals surface area contributed by atoms with Crippen LogP contribution in [-0.4, -0.2) is 23.8 Å². The highest BCUT2D eigenvalue weighted by atomic mass is 16.6. The van der Waals surface area contributed by atoms with Gasteiger partial charge in [0.25, 0.3) is 0 Å². The van der Waals surface area contributed by atoms with Gasteiger partial charge in [0, 0.05) is 0 Å². The molecule has 1 saturated heterocycles. The molecule has 3 nitrogen and oxygen atoms in total. The average Bonchev–Trinajstić information content (AvgIpc) is 2.61. The summed E-state index contributed by atoms with van der Waals surface area (Å²) in [5.41, 5.74) is -0.169. The molecule has 0 aromatic rings. The molecule has 0 radical (unpaired) electrons. The normalized spacial score (nSPS) is 25.1. The number of ether oxygens (including phenoxy) is 1. The van der Waals surface area contributed by atoms with Crippen molar-refractivity contribution in [3.05, 3.63) is 0 Å². The van der Waals surface area contributed by atoms with Gasteiger partial charge in [-0.2, -0.15) is 0 Å². The standard InChI is InChI=1S/C9H16O3/c1-9(2,3)7(8(10)11)4-6-5-12-6/h6-7H,4-5H2,1-3H3,(H,10,11)/t6?,7-/m0/s1. The summed E-state index contributed by atoms with van der Waals surface area (Å²) in [4.78, 5) is 10.9. The predicted molar refractivity (Wildman–Crippen MR) is 44.9 cm³/mol. The molecule has 1 unspecified atom stereocenters. The molecule has 2 atom stereocenters. The van der Waals surface area contributed by atoms with Crippen molar-refractivity contribution in [2.45, 2.75) is 33.3 Å². The number of epoxide rings is 1. The van der Waals surface area contributed by atoms with Gasteiger partial charge in [0.05, 0.1) is 18.6 Å². The van der Waals surface area contributed by atoms with Gasteiger partial charge in [-0.3, -0.25) is 4.79 Å². The Morgan fingerprint density at radius 2 is 2.17 bits per heavy atom. The Balaban J connectivity index is 2.53. The number of carboxylic acid groups (broad SMARTS) is 1. The molecular formula is C9H16O3. The Morgan fingerprint density at radius 1 is 1.67 bits per heavy atom. The molecular weight excluding hydrogens is 156 g/mol. The molecule has 0 bridgehead atoms. The van der Waals surface area contributed by atoms with E-state index in [-0.39, 0.29) is 17.4 Å². The number of carbonyl (C=O) groups is 1. The van der Waals surface area contributed by atoms with Crippen LogP contribution in [0.1, 0.15) is 27.2 Å². The van der Waals surface area contributed by atoms with E-state index in [4.69, 9.17) is 9.84 Å². The highest BCUT2D eigenvalue weighted by Crippen LogP contribution is 2.33. The maximum atomic E-state index is 10.9. The number of hydrogen-bond acceptors (Lipinski definition) is 2. The minimum atomic E-state index is -0.710. The Kier molecular flexibility index (Phi) is 2.42. The molecule has 1 N–H and O–H groups in total. The second-order valence-corrected chi connectivity index (χ2v) is 4.45. The van der Waals surface area contributed by atoms with Crippen LogP contribution in [0.2, 0.25) is 0 Å². The molecule has 0 aromatic heterocycles. The van der Waals surface area contributed by atoms with Crippen molar-refractivity contribution in [2.75, 3.05) is 6.61 Å². The maximum absolute atomic E-state index is 10.9. The van der Waals surface area contributed by atoms with E-state index >= 15 is 0 Å². The third-order valence-corrected chi connectivity index (χ3v) is 2.24. The number of hydrogen-bond donors (Lipinski definition) is 1. The van der Waals surface area contributed by atoms with Crippen molar-refractivity contribution in [2.24, 2.45) is 11.3 Å². The molecule has 70 valence electrons. The summed E-state index contributed by atoms with van der Waals surface area (Å²) in [5, 5.41) is 8.93. The van der Waals surface area contributed by atoms with Crippen molar-refractivity contribution < 1.29 is 14.6 Å². The van der Waals surface area contributed by atoms with Crippen molar-refractivity contribution in [3.63, 3.8) is 0 Å². The monoisotopic (exact) mass is 172 g/mol. The molecule has 1 fully saturated rings. The van der Waals surface area contributed by atoms with Gasteiger partial charge >= 0.3 is 5.97 Å². The summed E-state index contributed by atoms with van der Waals surface area (Å²) in [6.07, 6.45) is 0.851. The Morgan fingerprint density at radius 3 is 2.42 bits per heavy atom. The maximum Gasteiger partial charge on any atom is 0.307 e.